The van der Waals surface area contributed by atoms with Crippen LogP contribution in [0, 0.1) is 5.92 Å². The lowest BCUT2D eigenvalue weighted by atomic mass is 9.96. The number of carbonyl (C=O) groups excluding carboxylic acids is 2. The normalized spacial score (nSPS) is 17.7. The first-order valence-electron chi connectivity index (χ1n) is 8.76. The number of amides is 1. The van der Waals surface area contributed by atoms with Gasteiger partial charge in [-0.05, 0) is 38.8 Å². The molecule has 1 amide bonds. The number of rotatable bonds is 6. The van der Waals surface area contributed by atoms with E-state index in [4.69, 9.17) is 5.73 Å². The molecule has 1 unspecified atom stereocenters. The van der Waals surface area contributed by atoms with E-state index in [1.54, 1.807) is 11.9 Å². The minimum absolute atomic E-state index is 0.0193. The molecule has 26 heavy (non-hydrogen) atoms. The fourth-order valence-electron chi connectivity index (χ4n) is 3.02. The Bertz CT molecular complexity index is 753. The minimum atomic E-state index is -3.62. The zero-order valence-corrected chi connectivity index (χ0v) is 16.3. The fraction of sp³-hybridized carbons (Fsp3) is 0.556. The first kappa shape index (κ1) is 20.5. The topological polar surface area (TPSA) is 101 Å². The SMILES string of the molecule is CC(=O)c1ccc(S(=O)(=O)N2CCC(C(=O)N(C)C(C)CN)CC2)cc1. The van der Waals surface area contributed by atoms with Crippen LogP contribution in [-0.4, -0.2) is 62.0 Å². The van der Waals surface area contributed by atoms with Crippen LogP contribution < -0.4 is 5.73 Å². The average molecular weight is 381 g/mol. The molecular weight excluding hydrogens is 354 g/mol. The van der Waals surface area contributed by atoms with Crippen LogP contribution in [0.3, 0.4) is 0 Å². The standard InChI is InChI=1S/C18H27N3O4S/c1-13(12-19)20(3)18(23)16-8-10-21(11-9-16)26(24,25)17-6-4-15(5-7-17)14(2)22/h4-7,13,16H,8-12,19H2,1-3H3. The van der Waals surface area contributed by atoms with Crippen LogP contribution in [0.15, 0.2) is 29.2 Å². The first-order chi connectivity index (χ1) is 12.2. The average Bonchev–Trinajstić information content (AvgIpc) is 2.66. The van der Waals surface area contributed by atoms with Gasteiger partial charge in [0.1, 0.15) is 0 Å². The molecule has 0 bridgehead atoms. The molecule has 2 N–H and O–H groups in total. The summed E-state index contributed by atoms with van der Waals surface area (Å²) in [6, 6.07) is 5.92. The molecule has 1 aromatic carbocycles. The van der Waals surface area contributed by atoms with Gasteiger partial charge in [0.25, 0.3) is 0 Å². The van der Waals surface area contributed by atoms with Gasteiger partial charge in [-0.25, -0.2) is 8.42 Å². The van der Waals surface area contributed by atoms with Gasteiger partial charge in [-0.3, -0.25) is 9.59 Å². The van der Waals surface area contributed by atoms with Gasteiger partial charge in [0.2, 0.25) is 15.9 Å². The molecule has 144 valence electrons. The number of sulfonamides is 1. The highest BCUT2D eigenvalue weighted by Gasteiger charge is 2.33. The van der Waals surface area contributed by atoms with Crippen LogP contribution in [0.5, 0.6) is 0 Å². The maximum Gasteiger partial charge on any atom is 0.243 e. The molecule has 0 aliphatic carbocycles. The Morgan fingerprint density at radius 1 is 1.23 bits per heavy atom. The highest BCUT2D eigenvalue weighted by molar-refractivity contribution is 7.89. The number of carbonyl (C=O) groups is 2. The van der Waals surface area contributed by atoms with Gasteiger partial charge in [0.05, 0.1) is 4.90 Å². The zero-order chi connectivity index (χ0) is 19.5. The molecule has 1 saturated heterocycles. The fourth-order valence-corrected chi connectivity index (χ4v) is 4.49. The molecule has 8 heteroatoms. The monoisotopic (exact) mass is 381 g/mol. The van der Waals surface area contributed by atoms with E-state index in [0.717, 1.165) is 0 Å². The van der Waals surface area contributed by atoms with Gasteiger partial charge in [-0.1, -0.05) is 12.1 Å². The Labute approximate surface area is 155 Å². The molecule has 1 aliphatic rings. The lowest BCUT2D eigenvalue weighted by Gasteiger charge is -2.34. The summed E-state index contributed by atoms with van der Waals surface area (Å²) in [5.41, 5.74) is 6.09. The van der Waals surface area contributed by atoms with Crippen LogP contribution in [0.1, 0.15) is 37.0 Å². The number of piperidine rings is 1. The van der Waals surface area contributed by atoms with Crippen LogP contribution in [0.4, 0.5) is 0 Å². The second-order valence-corrected chi connectivity index (χ2v) is 8.73. The summed E-state index contributed by atoms with van der Waals surface area (Å²) in [5.74, 6) is -0.268. The van der Waals surface area contributed by atoms with E-state index < -0.39 is 10.0 Å². The van der Waals surface area contributed by atoms with E-state index in [2.05, 4.69) is 0 Å². The molecule has 2 rings (SSSR count). The third-order valence-corrected chi connectivity index (χ3v) is 6.96. The third-order valence-electron chi connectivity index (χ3n) is 5.05. The van der Waals surface area contributed by atoms with E-state index in [1.807, 2.05) is 6.92 Å². The van der Waals surface area contributed by atoms with E-state index in [9.17, 15) is 18.0 Å². The van der Waals surface area contributed by atoms with Crippen molar-refractivity contribution in [2.75, 3.05) is 26.7 Å². The number of benzene rings is 1. The molecule has 1 heterocycles. The van der Waals surface area contributed by atoms with E-state index in [-0.39, 0.29) is 28.5 Å². The second kappa shape index (κ2) is 8.28. The largest absolute Gasteiger partial charge is 0.342 e. The van der Waals surface area contributed by atoms with Crippen LogP contribution in [-0.2, 0) is 14.8 Å². The Kier molecular flexibility index (Phi) is 6.54. The van der Waals surface area contributed by atoms with Crippen molar-refractivity contribution in [3.8, 4) is 0 Å². The molecule has 0 aromatic heterocycles. The van der Waals surface area contributed by atoms with Crippen molar-refractivity contribution in [1.82, 2.24) is 9.21 Å². The Morgan fingerprint density at radius 2 is 1.77 bits per heavy atom. The van der Waals surface area contributed by atoms with Crippen molar-refractivity contribution >= 4 is 21.7 Å². The smallest absolute Gasteiger partial charge is 0.243 e. The first-order valence-corrected chi connectivity index (χ1v) is 10.2. The summed E-state index contributed by atoms with van der Waals surface area (Å²) >= 11 is 0. The van der Waals surface area contributed by atoms with Gasteiger partial charge in [-0.2, -0.15) is 4.31 Å². The molecule has 7 nitrogen and oxygen atoms in total. The minimum Gasteiger partial charge on any atom is -0.342 e. The highest BCUT2D eigenvalue weighted by atomic mass is 32.2. The zero-order valence-electron chi connectivity index (χ0n) is 15.5. The number of nitrogens with two attached hydrogens (primary N) is 1. The van der Waals surface area contributed by atoms with Crippen molar-refractivity contribution in [3.63, 3.8) is 0 Å². The van der Waals surface area contributed by atoms with E-state index >= 15 is 0 Å². The van der Waals surface area contributed by atoms with Crippen molar-refractivity contribution in [2.24, 2.45) is 11.7 Å². The van der Waals surface area contributed by atoms with Crippen LogP contribution in [0.2, 0.25) is 0 Å². The number of hydrogen-bond acceptors (Lipinski definition) is 5. The molecule has 1 aromatic rings. The molecular formula is C18H27N3O4S. The summed E-state index contributed by atoms with van der Waals surface area (Å²) in [4.78, 5) is 25.6. The van der Waals surface area contributed by atoms with Gasteiger partial charge in [0, 0.05) is 44.2 Å². The maximum absolute atomic E-state index is 12.8. The Balaban J connectivity index is 2.04. The lowest BCUT2D eigenvalue weighted by molar-refractivity contribution is -0.137. The molecule has 0 spiro atoms. The molecule has 1 atom stereocenters. The van der Waals surface area contributed by atoms with E-state index in [0.29, 0.717) is 38.0 Å². The third kappa shape index (κ3) is 4.31. The highest BCUT2D eigenvalue weighted by Crippen LogP contribution is 2.25. The van der Waals surface area contributed by atoms with Crippen molar-refractivity contribution in [1.29, 1.82) is 0 Å². The Hall–Kier alpha value is -1.77. The lowest BCUT2D eigenvalue weighted by Crippen LogP contribution is -2.47. The summed E-state index contributed by atoms with van der Waals surface area (Å²) in [6.45, 7) is 4.33. The summed E-state index contributed by atoms with van der Waals surface area (Å²) in [5, 5.41) is 0. The maximum atomic E-state index is 12.8. The molecule has 1 aliphatic heterocycles. The number of likely N-dealkylation sites (N-methyl/N-ethyl adjacent to an activating group) is 1. The van der Waals surface area contributed by atoms with Gasteiger partial charge < -0.3 is 10.6 Å². The number of hydrogen-bond donors (Lipinski definition) is 1. The predicted molar refractivity (Wildman–Crippen MR) is 99.2 cm³/mol. The number of Topliss-reactive ketones (excluding diaryl/α,β-unsaturated/α-hetero) is 1. The van der Waals surface area contributed by atoms with Crippen molar-refractivity contribution in [2.45, 2.75) is 37.6 Å². The van der Waals surface area contributed by atoms with Crippen LogP contribution >= 0.6 is 0 Å². The van der Waals surface area contributed by atoms with E-state index in [1.165, 1.54) is 35.5 Å². The van der Waals surface area contributed by atoms with Gasteiger partial charge in [-0.15, -0.1) is 0 Å². The molecule has 0 saturated carbocycles. The number of ketones is 1. The number of nitrogens with zero attached hydrogens (tertiary/aromatic N) is 2. The van der Waals surface area contributed by atoms with Gasteiger partial charge >= 0.3 is 0 Å². The summed E-state index contributed by atoms with van der Waals surface area (Å²) < 4.78 is 26.9. The predicted octanol–water partition coefficient (Wildman–Crippen LogP) is 1.10. The Morgan fingerprint density at radius 3 is 2.23 bits per heavy atom. The van der Waals surface area contributed by atoms with Crippen molar-refractivity contribution in [3.05, 3.63) is 29.8 Å². The summed E-state index contributed by atoms with van der Waals surface area (Å²) in [6.07, 6.45) is 0.983. The van der Waals surface area contributed by atoms with Crippen LogP contribution in [0.25, 0.3) is 0 Å². The molecule has 0 radical (unpaired) electrons. The second-order valence-electron chi connectivity index (χ2n) is 6.79. The quantitative estimate of drug-likeness (QED) is 0.744. The van der Waals surface area contributed by atoms with Gasteiger partial charge in [0.15, 0.2) is 5.78 Å². The molecule has 1 fully saturated rings. The van der Waals surface area contributed by atoms with Crippen molar-refractivity contribution < 1.29 is 18.0 Å². The summed E-state index contributed by atoms with van der Waals surface area (Å²) in [7, 11) is -1.88.